The van der Waals surface area contributed by atoms with E-state index in [1.807, 2.05) is 0 Å². The fourth-order valence-electron chi connectivity index (χ4n) is 6.16. The first-order valence-corrected chi connectivity index (χ1v) is 10.0. The van der Waals surface area contributed by atoms with Crippen LogP contribution in [0.15, 0.2) is 0 Å². The Hall–Kier alpha value is -0.510. The van der Waals surface area contributed by atoms with Crippen molar-refractivity contribution in [2.75, 3.05) is 0 Å². The van der Waals surface area contributed by atoms with Crippen molar-refractivity contribution in [2.45, 2.75) is 104 Å². The standard InChI is InChI=1S/C21H35N/c1-3-5-8-20-11-14-21(15-12-20,16-13-20)18-6-9-19(4-2,17-22)10-7-18/h18H,3-16H2,1-2H3. The van der Waals surface area contributed by atoms with Gasteiger partial charge in [-0.1, -0.05) is 26.7 Å². The predicted molar refractivity (Wildman–Crippen MR) is 92.4 cm³/mol. The van der Waals surface area contributed by atoms with Crippen LogP contribution in [0.3, 0.4) is 0 Å². The van der Waals surface area contributed by atoms with Gasteiger partial charge in [0.1, 0.15) is 0 Å². The van der Waals surface area contributed by atoms with E-state index in [4.69, 9.17) is 0 Å². The summed E-state index contributed by atoms with van der Waals surface area (Å²) in [5, 5.41) is 9.53. The minimum Gasteiger partial charge on any atom is -0.198 e. The third-order valence-electron chi connectivity index (χ3n) is 8.24. The van der Waals surface area contributed by atoms with Gasteiger partial charge in [-0.15, -0.1) is 0 Å². The summed E-state index contributed by atoms with van der Waals surface area (Å²) in [5.74, 6) is 0.935. The highest BCUT2D eigenvalue weighted by molar-refractivity contribution is 5.06. The zero-order valence-corrected chi connectivity index (χ0v) is 14.9. The molecule has 0 N–H and O–H groups in total. The molecule has 4 aliphatic carbocycles. The van der Waals surface area contributed by atoms with Gasteiger partial charge >= 0.3 is 0 Å². The maximum atomic E-state index is 9.53. The molecular formula is C21H35N. The van der Waals surface area contributed by atoms with Crippen LogP contribution in [0.2, 0.25) is 0 Å². The summed E-state index contributed by atoms with van der Waals surface area (Å²) in [6, 6.07) is 2.66. The van der Waals surface area contributed by atoms with Crippen molar-refractivity contribution in [1.82, 2.24) is 0 Å². The van der Waals surface area contributed by atoms with Crippen LogP contribution in [-0.4, -0.2) is 0 Å². The van der Waals surface area contributed by atoms with Gasteiger partial charge in [0.25, 0.3) is 0 Å². The first-order chi connectivity index (χ1) is 10.6. The maximum absolute atomic E-state index is 9.53. The van der Waals surface area contributed by atoms with Gasteiger partial charge in [0.15, 0.2) is 0 Å². The number of nitrogens with zero attached hydrogens (tertiary/aromatic N) is 1. The highest BCUT2D eigenvalue weighted by Crippen LogP contribution is 2.64. The Morgan fingerprint density at radius 3 is 1.95 bits per heavy atom. The van der Waals surface area contributed by atoms with Crippen LogP contribution in [0.25, 0.3) is 0 Å². The Morgan fingerprint density at radius 2 is 1.50 bits per heavy atom. The number of fused-ring (bicyclic) bond motifs is 3. The van der Waals surface area contributed by atoms with Crippen molar-refractivity contribution >= 4 is 0 Å². The van der Waals surface area contributed by atoms with Gasteiger partial charge in [-0.3, -0.25) is 0 Å². The van der Waals surface area contributed by atoms with Crippen LogP contribution in [-0.2, 0) is 0 Å². The molecule has 1 nitrogen and oxygen atoms in total. The number of nitriles is 1. The average Bonchev–Trinajstić information content (AvgIpc) is 2.62. The molecule has 0 spiro atoms. The molecule has 0 heterocycles. The van der Waals surface area contributed by atoms with E-state index in [9.17, 15) is 5.26 Å². The van der Waals surface area contributed by atoms with Crippen LogP contribution in [0, 0.1) is 33.5 Å². The lowest BCUT2D eigenvalue weighted by atomic mass is 9.47. The smallest absolute Gasteiger partial charge is 0.0689 e. The summed E-state index contributed by atoms with van der Waals surface area (Å²) in [6.45, 7) is 4.55. The zero-order valence-electron chi connectivity index (χ0n) is 14.9. The lowest BCUT2D eigenvalue weighted by Gasteiger charge is -2.58. The summed E-state index contributed by atoms with van der Waals surface area (Å²) in [6.07, 6.45) is 19.4. The van der Waals surface area contributed by atoms with E-state index in [0.717, 1.165) is 17.8 Å². The van der Waals surface area contributed by atoms with E-state index in [1.54, 1.807) is 0 Å². The molecule has 0 atom stereocenters. The normalized spacial score (nSPS) is 44.7. The number of hydrogen-bond acceptors (Lipinski definition) is 1. The van der Waals surface area contributed by atoms with E-state index in [-0.39, 0.29) is 5.41 Å². The summed E-state index contributed by atoms with van der Waals surface area (Å²) in [4.78, 5) is 0. The second-order valence-electron chi connectivity index (χ2n) is 8.99. The molecule has 2 bridgehead atoms. The Morgan fingerprint density at radius 1 is 0.909 bits per heavy atom. The second-order valence-corrected chi connectivity index (χ2v) is 8.99. The van der Waals surface area contributed by atoms with Gasteiger partial charge in [0.05, 0.1) is 11.5 Å². The molecule has 4 aliphatic rings. The quantitative estimate of drug-likeness (QED) is 0.559. The van der Waals surface area contributed by atoms with Gasteiger partial charge in [0, 0.05) is 0 Å². The van der Waals surface area contributed by atoms with E-state index < -0.39 is 0 Å². The van der Waals surface area contributed by atoms with E-state index in [1.165, 1.54) is 83.5 Å². The van der Waals surface area contributed by atoms with Crippen LogP contribution in [0.4, 0.5) is 0 Å². The highest BCUT2D eigenvalue weighted by Gasteiger charge is 2.52. The molecule has 4 saturated carbocycles. The molecule has 22 heavy (non-hydrogen) atoms. The molecule has 4 rings (SSSR count). The van der Waals surface area contributed by atoms with Crippen LogP contribution >= 0.6 is 0 Å². The van der Waals surface area contributed by atoms with Crippen molar-refractivity contribution in [3.63, 3.8) is 0 Å². The number of hydrogen-bond donors (Lipinski definition) is 0. The van der Waals surface area contributed by atoms with Gasteiger partial charge in [-0.2, -0.15) is 5.26 Å². The van der Waals surface area contributed by atoms with Gasteiger partial charge < -0.3 is 0 Å². The first-order valence-electron chi connectivity index (χ1n) is 10.0. The van der Waals surface area contributed by atoms with Crippen molar-refractivity contribution < 1.29 is 0 Å². The third kappa shape index (κ3) is 2.72. The van der Waals surface area contributed by atoms with Crippen molar-refractivity contribution in [1.29, 1.82) is 5.26 Å². The summed E-state index contributed by atoms with van der Waals surface area (Å²) in [7, 11) is 0. The van der Waals surface area contributed by atoms with Crippen LogP contribution in [0.1, 0.15) is 104 Å². The molecule has 0 amide bonds. The number of rotatable bonds is 5. The monoisotopic (exact) mass is 301 g/mol. The summed E-state index contributed by atoms with van der Waals surface area (Å²) >= 11 is 0. The van der Waals surface area contributed by atoms with Crippen molar-refractivity contribution in [3.05, 3.63) is 0 Å². The zero-order chi connectivity index (χ0) is 15.7. The molecule has 0 saturated heterocycles. The lowest BCUT2D eigenvalue weighted by molar-refractivity contribution is -0.0685. The van der Waals surface area contributed by atoms with Crippen LogP contribution in [0.5, 0.6) is 0 Å². The molecule has 4 fully saturated rings. The highest BCUT2D eigenvalue weighted by atomic mass is 14.6. The second kappa shape index (κ2) is 6.18. The third-order valence-corrected chi connectivity index (χ3v) is 8.24. The molecule has 0 aromatic heterocycles. The fourth-order valence-corrected chi connectivity index (χ4v) is 6.16. The molecular weight excluding hydrogens is 266 g/mol. The molecule has 0 aliphatic heterocycles. The summed E-state index contributed by atoms with van der Waals surface area (Å²) < 4.78 is 0. The minimum atomic E-state index is 0.0291. The van der Waals surface area contributed by atoms with Gasteiger partial charge in [-0.05, 0) is 93.8 Å². The lowest BCUT2D eigenvalue weighted by Crippen LogP contribution is -2.47. The average molecular weight is 302 g/mol. The Bertz CT molecular complexity index is 397. The molecule has 0 unspecified atom stereocenters. The topological polar surface area (TPSA) is 23.8 Å². The maximum Gasteiger partial charge on any atom is 0.0689 e. The van der Waals surface area contributed by atoms with E-state index >= 15 is 0 Å². The first kappa shape index (κ1) is 16.4. The van der Waals surface area contributed by atoms with Gasteiger partial charge in [-0.25, -0.2) is 0 Å². The van der Waals surface area contributed by atoms with Crippen molar-refractivity contribution in [3.8, 4) is 6.07 Å². The van der Waals surface area contributed by atoms with Crippen LogP contribution < -0.4 is 0 Å². The van der Waals surface area contributed by atoms with E-state index in [0.29, 0.717) is 5.41 Å². The molecule has 1 heteroatoms. The molecule has 124 valence electrons. The molecule has 0 radical (unpaired) electrons. The Labute approximate surface area is 137 Å². The Balaban J connectivity index is 1.61. The number of unbranched alkanes of at least 4 members (excludes halogenated alkanes) is 1. The predicted octanol–water partition coefficient (Wildman–Crippen LogP) is 6.63. The minimum absolute atomic E-state index is 0.0291. The SMILES string of the molecule is CCCCC12CCC(C3CCC(C#N)(CC)CC3)(CC1)CC2. The largest absolute Gasteiger partial charge is 0.198 e. The molecule has 0 aromatic carbocycles. The Kier molecular flexibility index (Phi) is 4.59. The van der Waals surface area contributed by atoms with Crippen molar-refractivity contribution in [2.24, 2.45) is 22.2 Å². The fraction of sp³-hybridized carbons (Fsp3) is 0.952. The van der Waals surface area contributed by atoms with Gasteiger partial charge in [0.2, 0.25) is 0 Å². The van der Waals surface area contributed by atoms with E-state index in [2.05, 4.69) is 19.9 Å². The molecule has 0 aromatic rings. The summed E-state index contributed by atoms with van der Waals surface area (Å²) in [5.41, 5.74) is 1.46.